The van der Waals surface area contributed by atoms with Gasteiger partial charge in [0.25, 0.3) is 0 Å². The zero-order chi connectivity index (χ0) is 14.2. The summed E-state index contributed by atoms with van der Waals surface area (Å²) in [6.45, 7) is 0. The van der Waals surface area contributed by atoms with Crippen molar-refractivity contribution < 1.29 is 17.0 Å². The van der Waals surface area contributed by atoms with Crippen LogP contribution >= 0.6 is 0 Å². The van der Waals surface area contributed by atoms with Gasteiger partial charge in [-0.2, -0.15) is 8.42 Å². The summed E-state index contributed by atoms with van der Waals surface area (Å²) in [6, 6.07) is 11.3. The Kier molecular flexibility index (Phi) is 3.06. The minimum absolute atomic E-state index is 0.145. The third-order valence-electron chi connectivity index (χ3n) is 3.01. The van der Waals surface area contributed by atoms with Gasteiger partial charge in [0.2, 0.25) is 0 Å². The monoisotopic (exact) mass is 290 g/mol. The quantitative estimate of drug-likeness (QED) is 0.757. The summed E-state index contributed by atoms with van der Waals surface area (Å²) in [7, 11) is -3.59. The molecule has 0 amide bonds. The highest BCUT2D eigenvalue weighted by atomic mass is 32.2. The Morgan fingerprint density at radius 1 is 1.00 bits per heavy atom. The van der Waals surface area contributed by atoms with Crippen molar-refractivity contribution in [3.05, 3.63) is 59.9 Å². The maximum absolute atomic E-state index is 12.9. The third-order valence-corrected chi connectivity index (χ3v) is 4.04. The molecule has 3 rings (SSSR count). The number of hydrogen-bond acceptors (Lipinski definition) is 3. The maximum Gasteiger partial charge on any atom is 0.312 e. The van der Waals surface area contributed by atoms with Crippen molar-refractivity contribution in [3.8, 4) is 16.9 Å². The van der Waals surface area contributed by atoms with Gasteiger partial charge in [0.05, 0.1) is 0 Å². The van der Waals surface area contributed by atoms with Gasteiger partial charge in [-0.05, 0) is 29.3 Å². The highest BCUT2D eigenvalue weighted by Gasteiger charge is 2.17. The minimum atomic E-state index is -3.59. The standard InChI is InChI=1S/C15H11FO3S/c16-14-7-5-11(6-8-14)13-4-3-12-2-1-9-20(17,18)19-15(12)10-13/h1-8,10H,9H2. The van der Waals surface area contributed by atoms with Crippen LogP contribution in [0.1, 0.15) is 5.56 Å². The molecule has 0 N–H and O–H groups in total. The Bertz CT molecular complexity index is 777. The fourth-order valence-corrected chi connectivity index (χ4v) is 2.85. The lowest BCUT2D eigenvalue weighted by atomic mass is 10.0. The van der Waals surface area contributed by atoms with Crippen LogP contribution in [0.2, 0.25) is 0 Å². The highest BCUT2D eigenvalue weighted by Crippen LogP contribution is 2.30. The molecular formula is C15H11FO3S. The van der Waals surface area contributed by atoms with Gasteiger partial charge < -0.3 is 4.18 Å². The first-order valence-corrected chi connectivity index (χ1v) is 7.60. The molecule has 0 aromatic heterocycles. The van der Waals surface area contributed by atoms with Gasteiger partial charge >= 0.3 is 10.1 Å². The fraction of sp³-hybridized carbons (Fsp3) is 0.0667. The van der Waals surface area contributed by atoms with Crippen LogP contribution < -0.4 is 4.18 Å². The summed E-state index contributed by atoms with van der Waals surface area (Å²) in [4.78, 5) is 0. The molecule has 0 radical (unpaired) electrons. The van der Waals surface area contributed by atoms with Crippen LogP contribution in [0.5, 0.6) is 5.75 Å². The van der Waals surface area contributed by atoms with Crippen LogP contribution in [0.25, 0.3) is 17.2 Å². The maximum atomic E-state index is 12.9. The molecule has 0 bridgehead atoms. The van der Waals surface area contributed by atoms with Gasteiger partial charge in [-0.25, -0.2) is 4.39 Å². The Hall–Kier alpha value is -2.14. The molecule has 2 aromatic carbocycles. The average molecular weight is 290 g/mol. The third kappa shape index (κ3) is 2.58. The lowest BCUT2D eigenvalue weighted by molar-refractivity contribution is 0.490. The Morgan fingerprint density at radius 3 is 2.45 bits per heavy atom. The summed E-state index contributed by atoms with van der Waals surface area (Å²) < 4.78 is 41.2. The second-order valence-electron chi connectivity index (χ2n) is 4.47. The molecule has 1 heterocycles. The highest BCUT2D eigenvalue weighted by molar-refractivity contribution is 7.87. The largest absolute Gasteiger partial charge is 0.382 e. The van der Waals surface area contributed by atoms with Gasteiger partial charge in [-0.15, -0.1) is 0 Å². The summed E-state index contributed by atoms with van der Waals surface area (Å²) in [5.41, 5.74) is 2.27. The minimum Gasteiger partial charge on any atom is -0.382 e. The van der Waals surface area contributed by atoms with Crippen molar-refractivity contribution in [1.82, 2.24) is 0 Å². The van der Waals surface area contributed by atoms with E-state index in [2.05, 4.69) is 0 Å². The predicted octanol–water partition coefficient (Wildman–Crippen LogP) is 3.23. The van der Waals surface area contributed by atoms with Gasteiger partial charge in [0.15, 0.2) is 0 Å². The van der Waals surface area contributed by atoms with Gasteiger partial charge in [-0.1, -0.05) is 36.4 Å². The molecule has 0 saturated heterocycles. The topological polar surface area (TPSA) is 43.4 Å². The Morgan fingerprint density at radius 2 is 1.70 bits per heavy atom. The zero-order valence-electron chi connectivity index (χ0n) is 10.4. The first kappa shape index (κ1) is 12.9. The molecular weight excluding hydrogens is 279 g/mol. The van der Waals surface area contributed by atoms with E-state index >= 15 is 0 Å². The second kappa shape index (κ2) is 4.76. The number of benzene rings is 2. The molecule has 3 nitrogen and oxygen atoms in total. The number of halogens is 1. The van der Waals surface area contributed by atoms with Crippen LogP contribution in [0, 0.1) is 5.82 Å². The number of rotatable bonds is 1. The van der Waals surface area contributed by atoms with E-state index in [4.69, 9.17) is 4.18 Å². The average Bonchev–Trinajstić information content (AvgIpc) is 2.55. The fourth-order valence-electron chi connectivity index (χ4n) is 2.03. The number of hydrogen-bond donors (Lipinski definition) is 0. The van der Waals surface area contributed by atoms with Crippen molar-refractivity contribution >= 4 is 16.2 Å². The first-order chi connectivity index (χ1) is 9.53. The molecule has 0 aliphatic carbocycles. The smallest absolute Gasteiger partial charge is 0.312 e. The molecule has 0 unspecified atom stereocenters. The summed E-state index contributed by atoms with van der Waals surface area (Å²) in [5, 5.41) is 0. The molecule has 2 aromatic rings. The Balaban J connectivity index is 2.07. The molecule has 5 heteroatoms. The molecule has 102 valence electrons. The molecule has 0 fully saturated rings. The molecule has 0 spiro atoms. The van der Waals surface area contributed by atoms with Crippen molar-refractivity contribution in [2.24, 2.45) is 0 Å². The lowest BCUT2D eigenvalue weighted by Crippen LogP contribution is -2.11. The Labute approximate surface area is 116 Å². The molecule has 0 atom stereocenters. The van der Waals surface area contributed by atoms with Gasteiger partial charge in [0, 0.05) is 5.56 Å². The van der Waals surface area contributed by atoms with Crippen LogP contribution in [0.3, 0.4) is 0 Å². The second-order valence-corrected chi connectivity index (χ2v) is 6.08. The van der Waals surface area contributed by atoms with Crippen molar-refractivity contribution in [1.29, 1.82) is 0 Å². The summed E-state index contributed by atoms with van der Waals surface area (Å²) in [6.07, 6.45) is 3.27. The van der Waals surface area contributed by atoms with Crippen LogP contribution in [0.4, 0.5) is 4.39 Å². The van der Waals surface area contributed by atoms with E-state index in [0.29, 0.717) is 11.3 Å². The van der Waals surface area contributed by atoms with Gasteiger partial charge in [0.1, 0.15) is 17.3 Å². The van der Waals surface area contributed by atoms with Crippen molar-refractivity contribution in [3.63, 3.8) is 0 Å². The van der Waals surface area contributed by atoms with Crippen molar-refractivity contribution in [2.45, 2.75) is 0 Å². The zero-order valence-corrected chi connectivity index (χ0v) is 11.2. The van der Waals surface area contributed by atoms with Crippen LogP contribution in [-0.2, 0) is 10.1 Å². The van der Waals surface area contributed by atoms with E-state index in [1.807, 2.05) is 6.07 Å². The van der Waals surface area contributed by atoms with E-state index in [0.717, 1.165) is 11.1 Å². The molecule has 0 saturated carbocycles. The van der Waals surface area contributed by atoms with E-state index in [-0.39, 0.29) is 11.6 Å². The lowest BCUT2D eigenvalue weighted by Gasteiger charge is -2.09. The summed E-state index contributed by atoms with van der Waals surface area (Å²) in [5.74, 6) is -0.168. The van der Waals surface area contributed by atoms with E-state index in [9.17, 15) is 12.8 Å². The van der Waals surface area contributed by atoms with Crippen molar-refractivity contribution in [2.75, 3.05) is 5.75 Å². The predicted molar refractivity (Wildman–Crippen MR) is 75.3 cm³/mol. The molecule has 1 aliphatic heterocycles. The van der Waals surface area contributed by atoms with E-state index < -0.39 is 10.1 Å². The van der Waals surface area contributed by atoms with E-state index in [1.54, 1.807) is 36.4 Å². The van der Waals surface area contributed by atoms with Crippen LogP contribution in [0.15, 0.2) is 48.5 Å². The molecule has 20 heavy (non-hydrogen) atoms. The normalized spacial score (nSPS) is 16.1. The SMILES string of the molecule is O=S1(=O)CC=Cc2ccc(-c3ccc(F)cc3)cc2O1. The molecule has 1 aliphatic rings. The summed E-state index contributed by atoms with van der Waals surface area (Å²) >= 11 is 0. The number of fused-ring (bicyclic) bond motifs is 1. The van der Waals surface area contributed by atoms with Crippen LogP contribution in [-0.4, -0.2) is 14.2 Å². The first-order valence-electron chi connectivity index (χ1n) is 6.02. The van der Waals surface area contributed by atoms with Gasteiger partial charge in [-0.3, -0.25) is 0 Å². The van der Waals surface area contributed by atoms with E-state index in [1.165, 1.54) is 12.1 Å².